The normalized spacial score (nSPS) is 24.7. The molecule has 2 unspecified atom stereocenters. The van der Waals surface area contributed by atoms with Crippen molar-refractivity contribution in [2.24, 2.45) is 11.7 Å². The summed E-state index contributed by atoms with van der Waals surface area (Å²) >= 11 is 0. The maximum atomic E-state index is 12.7. The van der Waals surface area contributed by atoms with E-state index in [2.05, 4.69) is 47.9 Å². The molecule has 1 aromatic carbocycles. The van der Waals surface area contributed by atoms with Crippen LogP contribution in [0.4, 0.5) is 5.69 Å². The first-order valence-electron chi connectivity index (χ1n) is 10.1. The summed E-state index contributed by atoms with van der Waals surface area (Å²) in [6, 6.07) is 8.95. The van der Waals surface area contributed by atoms with E-state index in [0.29, 0.717) is 18.9 Å². The van der Waals surface area contributed by atoms with E-state index in [1.54, 1.807) is 0 Å². The summed E-state index contributed by atoms with van der Waals surface area (Å²) < 4.78 is 0. The molecule has 1 aromatic rings. The van der Waals surface area contributed by atoms with Gasteiger partial charge in [-0.25, -0.2) is 0 Å². The maximum Gasteiger partial charge on any atom is 0.224 e. The third-order valence-corrected chi connectivity index (χ3v) is 5.95. The molecule has 0 bridgehead atoms. The summed E-state index contributed by atoms with van der Waals surface area (Å²) in [6.45, 7) is 10.9. The molecule has 144 valence electrons. The fourth-order valence-electron chi connectivity index (χ4n) is 4.26. The predicted molar refractivity (Wildman–Crippen MR) is 107 cm³/mol. The number of carbonyl (C=O) groups excluding carboxylic acids is 1. The molecule has 2 saturated heterocycles. The van der Waals surface area contributed by atoms with E-state index in [1.165, 1.54) is 11.3 Å². The molecule has 2 atom stereocenters. The van der Waals surface area contributed by atoms with Gasteiger partial charge in [-0.1, -0.05) is 19.1 Å². The van der Waals surface area contributed by atoms with Crippen LogP contribution in [0.15, 0.2) is 24.3 Å². The average Bonchev–Trinajstić information content (AvgIpc) is 2.66. The van der Waals surface area contributed by atoms with Crippen LogP contribution in [-0.2, 0) is 4.79 Å². The molecule has 0 saturated carbocycles. The molecule has 3 rings (SSSR count). The number of benzene rings is 1. The Bertz CT molecular complexity index is 597. The van der Waals surface area contributed by atoms with Crippen molar-refractivity contribution in [1.29, 1.82) is 0 Å². The highest BCUT2D eigenvalue weighted by Crippen LogP contribution is 2.23. The number of carbonyl (C=O) groups is 1. The topological polar surface area (TPSA) is 52.8 Å². The number of aryl methyl sites for hydroxylation is 1. The van der Waals surface area contributed by atoms with Crippen LogP contribution in [0.3, 0.4) is 0 Å². The third-order valence-electron chi connectivity index (χ3n) is 5.95. The standard InChI is InChI=1S/C21H34N4O/c1-17-4-3-5-19(14-17)24-12-10-23(11-13-24)8-7-21(26)25-9-6-18(2)15-20(25)16-22/h3-5,14,18,20H,6-13,15-16,22H2,1-2H3. The van der Waals surface area contributed by atoms with E-state index in [0.717, 1.165) is 52.1 Å². The van der Waals surface area contributed by atoms with E-state index in [-0.39, 0.29) is 11.9 Å². The monoisotopic (exact) mass is 358 g/mol. The molecule has 5 heteroatoms. The van der Waals surface area contributed by atoms with Gasteiger partial charge in [0.1, 0.15) is 0 Å². The smallest absolute Gasteiger partial charge is 0.224 e. The average molecular weight is 359 g/mol. The number of piperazine rings is 1. The Morgan fingerprint density at radius 1 is 1.19 bits per heavy atom. The number of nitrogens with two attached hydrogens (primary N) is 1. The molecule has 0 radical (unpaired) electrons. The molecule has 0 spiro atoms. The minimum atomic E-state index is 0.240. The van der Waals surface area contributed by atoms with Crippen LogP contribution in [0, 0.1) is 12.8 Å². The number of amides is 1. The molecular formula is C21H34N4O. The van der Waals surface area contributed by atoms with Gasteiger partial charge in [-0.05, 0) is 43.4 Å². The van der Waals surface area contributed by atoms with Gasteiger partial charge >= 0.3 is 0 Å². The van der Waals surface area contributed by atoms with Gasteiger partial charge in [-0.3, -0.25) is 9.69 Å². The van der Waals surface area contributed by atoms with E-state index >= 15 is 0 Å². The van der Waals surface area contributed by atoms with Gasteiger partial charge in [0.25, 0.3) is 0 Å². The first kappa shape index (κ1) is 19.2. The zero-order chi connectivity index (χ0) is 18.5. The van der Waals surface area contributed by atoms with Crippen molar-refractivity contribution in [3.05, 3.63) is 29.8 Å². The summed E-state index contributed by atoms with van der Waals surface area (Å²) in [7, 11) is 0. The molecule has 0 aromatic heterocycles. The number of rotatable bonds is 5. The van der Waals surface area contributed by atoms with Crippen LogP contribution in [0.1, 0.15) is 31.7 Å². The molecule has 2 N–H and O–H groups in total. The van der Waals surface area contributed by atoms with Crippen molar-refractivity contribution >= 4 is 11.6 Å². The molecule has 5 nitrogen and oxygen atoms in total. The van der Waals surface area contributed by atoms with E-state index in [9.17, 15) is 4.79 Å². The van der Waals surface area contributed by atoms with E-state index in [4.69, 9.17) is 5.73 Å². The van der Waals surface area contributed by atoms with Gasteiger partial charge in [0.15, 0.2) is 0 Å². The van der Waals surface area contributed by atoms with Crippen LogP contribution in [0.2, 0.25) is 0 Å². The molecule has 2 aliphatic heterocycles. The van der Waals surface area contributed by atoms with E-state index in [1.807, 2.05) is 4.90 Å². The zero-order valence-corrected chi connectivity index (χ0v) is 16.4. The number of hydrogen-bond acceptors (Lipinski definition) is 4. The van der Waals surface area contributed by atoms with Crippen LogP contribution >= 0.6 is 0 Å². The third kappa shape index (κ3) is 4.77. The minimum absolute atomic E-state index is 0.240. The molecule has 2 fully saturated rings. The lowest BCUT2D eigenvalue weighted by molar-refractivity contribution is -0.135. The Morgan fingerprint density at radius 2 is 1.96 bits per heavy atom. The first-order valence-corrected chi connectivity index (χ1v) is 10.1. The Balaban J connectivity index is 1.44. The first-order chi connectivity index (χ1) is 12.6. The zero-order valence-electron chi connectivity index (χ0n) is 16.4. The Kier molecular flexibility index (Phi) is 6.54. The Hall–Kier alpha value is -1.59. The molecule has 0 aliphatic carbocycles. The summed E-state index contributed by atoms with van der Waals surface area (Å²) in [6.07, 6.45) is 2.78. The fraction of sp³-hybridized carbons (Fsp3) is 0.667. The quantitative estimate of drug-likeness (QED) is 0.876. The van der Waals surface area contributed by atoms with Crippen molar-refractivity contribution in [3.63, 3.8) is 0 Å². The lowest BCUT2D eigenvalue weighted by Crippen LogP contribution is -2.51. The van der Waals surface area contributed by atoms with Crippen molar-refractivity contribution < 1.29 is 4.79 Å². The van der Waals surface area contributed by atoms with Crippen molar-refractivity contribution in [1.82, 2.24) is 9.80 Å². The predicted octanol–water partition coefficient (Wildman–Crippen LogP) is 2.09. The highest BCUT2D eigenvalue weighted by Gasteiger charge is 2.29. The van der Waals surface area contributed by atoms with Gasteiger partial charge < -0.3 is 15.5 Å². The summed E-state index contributed by atoms with van der Waals surface area (Å²) in [4.78, 5) is 19.6. The minimum Gasteiger partial charge on any atom is -0.369 e. The van der Waals surface area contributed by atoms with Crippen LogP contribution < -0.4 is 10.6 Å². The lowest BCUT2D eigenvalue weighted by atomic mass is 9.92. The second kappa shape index (κ2) is 8.87. The Morgan fingerprint density at radius 3 is 2.65 bits per heavy atom. The highest BCUT2D eigenvalue weighted by atomic mass is 16.2. The van der Waals surface area contributed by atoms with Crippen molar-refractivity contribution in [2.45, 2.75) is 39.2 Å². The molecular weight excluding hydrogens is 324 g/mol. The summed E-state index contributed by atoms with van der Waals surface area (Å²) in [5.41, 5.74) is 8.52. The molecule has 2 aliphatic rings. The largest absolute Gasteiger partial charge is 0.369 e. The van der Waals surface area contributed by atoms with Gasteiger partial charge in [-0.15, -0.1) is 0 Å². The van der Waals surface area contributed by atoms with Gasteiger partial charge in [0.05, 0.1) is 0 Å². The summed E-state index contributed by atoms with van der Waals surface area (Å²) in [5.74, 6) is 0.968. The second-order valence-electron chi connectivity index (χ2n) is 8.02. The van der Waals surface area contributed by atoms with E-state index < -0.39 is 0 Å². The Labute approximate surface area is 158 Å². The molecule has 26 heavy (non-hydrogen) atoms. The van der Waals surface area contributed by atoms with Crippen LogP contribution in [-0.4, -0.2) is 67.6 Å². The van der Waals surface area contributed by atoms with Crippen LogP contribution in [0.5, 0.6) is 0 Å². The number of likely N-dealkylation sites (tertiary alicyclic amines) is 1. The number of hydrogen-bond donors (Lipinski definition) is 1. The number of piperidine rings is 1. The van der Waals surface area contributed by atoms with Gasteiger partial charge in [0.2, 0.25) is 5.91 Å². The maximum absolute atomic E-state index is 12.7. The summed E-state index contributed by atoms with van der Waals surface area (Å²) in [5, 5.41) is 0. The van der Waals surface area contributed by atoms with Gasteiger partial charge in [-0.2, -0.15) is 0 Å². The van der Waals surface area contributed by atoms with Crippen LogP contribution in [0.25, 0.3) is 0 Å². The molecule has 2 heterocycles. The lowest BCUT2D eigenvalue weighted by Gasteiger charge is -2.39. The number of nitrogens with zero attached hydrogens (tertiary/aromatic N) is 3. The second-order valence-corrected chi connectivity index (χ2v) is 8.02. The number of anilines is 1. The van der Waals surface area contributed by atoms with Crippen molar-refractivity contribution in [3.8, 4) is 0 Å². The van der Waals surface area contributed by atoms with Crippen molar-refractivity contribution in [2.75, 3.05) is 50.7 Å². The fourth-order valence-corrected chi connectivity index (χ4v) is 4.26. The van der Waals surface area contributed by atoms with Gasteiger partial charge in [0, 0.05) is 64.0 Å². The SMILES string of the molecule is Cc1cccc(N2CCN(CCC(=O)N3CCC(C)CC3CN)CC2)c1. The highest BCUT2D eigenvalue weighted by molar-refractivity contribution is 5.76. The molecule has 1 amide bonds.